The molecule has 0 atom stereocenters. The van der Waals surface area contributed by atoms with E-state index < -0.39 is 0 Å². The lowest BCUT2D eigenvalue weighted by molar-refractivity contribution is 0.252. The Morgan fingerprint density at radius 3 is 2.69 bits per heavy atom. The number of benzene rings is 2. The molecule has 0 saturated heterocycles. The Labute approximate surface area is 94.5 Å². The van der Waals surface area contributed by atoms with Crippen LogP contribution in [0.1, 0.15) is 6.92 Å². The molecule has 0 aromatic heterocycles. The van der Waals surface area contributed by atoms with Crippen LogP contribution in [0.2, 0.25) is 0 Å². The fourth-order valence-corrected chi connectivity index (χ4v) is 1.66. The van der Waals surface area contributed by atoms with Crippen molar-refractivity contribution in [2.45, 2.75) is 6.92 Å². The highest BCUT2D eigenvalue weighted by atomic mass is 16.2. The number of fused-ring (bicyclic) bond motifs is 1. The fourth-order valence-electron chi connectivity index (χ4n) is 1.66. The maximum atomic E-state index is 11.4. The summed E-state index contributed by atoms with van der Waals surface area (Å²) < 4.78 is 0. The fraction of sp³-hybridized carbons (Fsp3) is 0.154. The Morgan fingerprint density at radius 1 is 1.12 bits per heavy atom. The molecular formula is C13H14N2O. The van der Waals surface area contributed by atoms with Crippen molar-refractivity contribution >= 4 is 22.5 Å². The van der Waals surface area contributed by atoms with Crippen LogP contribution < -0.4 is 10.6 Å². The number of hydrogen-bond acceptors (Lipinski definition) is 1. The maximum absolute atomic E-state index is 11.4. The predicted molar refractivity (Wildman–Crippen MR) is 66.6 cm³/mol. The molecule has 0 spiro atoms. The van der Waals surface area contributed by atoms with E-state index in [-0.39, 0.29) is 6.03 Å². The van der Waals surface area contributed by atoms with Crippen molar-refractivity contribution in [1.29, 1.82) is 0 Å². The number of carbonyl (C=O) groups excluding carboxylic acids is 1. The highest BCUT2D eigenvalue weighted by Crippen LogP contribution is 2.22. The van der Waals surface area contributed by atoms with Gasteiger partial charge in [-0.2, -0.15) is 0 Å². The summed E-state index contributed by atoms with van der Waals surface area (Å²) in [6.07, 6.45) is 0. The van der Waals surface area contributed by atoms with Gasteiger partial charge in [0, 0.05) is 11.9 Å². The zero-order valence-electron chi connectivity index (χ0n) is 9.16. The van der Waals surface area contributed by atoms with Gasteiger partial charge in [-0.15, -0.1) is 0 Å². The first-order chi connectivity index (χ1) is 7.81. The molecule has 0 aliphatic rings. The van der Waals surface area contributed by atoms with Gasteiger partial charge in [0.1, 0.15) is 0 Å². The summed E-state index contributed by atoms with van der Waals surface area (Å²) >= 11 is 0. The van der Waals surface area contributed by atoms with E-state index in [4.69, 9.17) is 0 Å². The van der Waals surface area contributed by atoms with Crippen LogP contribution in [0.15, 0.2) is 42.5 Å². The molecule has 3 heteroatoms. The van der Waals surface area contributed by atoms with Crippen LogP contribution >= 0.6 is 0 Å². The Kier molecular flexibility index (Phi) is 3.05. The Hall–Kier alpha value is -2.03. The zero-order valence-corrected chi connectivity index (χ0v) is 9.16. The van der Waals surface area contributed by atoms with Gasteiger partial charge in [0.2, 0.25) is 0 Å². The van der Waals surface area contributed by atoms with Gasteiger partial charge in [-0.3, -0.25) is 0 Å². The van der Waals surface area contributed by atoms with Gasteiger partial charge in [-0.25, -0.2) is 4.79 Å². The summed E-state index contributed by atoms with van der Waals surface area (Å²) in [6.45, 7) is 2.51. The van der Waals surface area contributed by atoms with Crippen LogP contribution in [0.5, 0.6) is 0 Å². The third-order valence-electron chi connectivity index (χ3n) is 2.38. The summed E-state index contributed by atoms with van der Waals surface area (Å²) in [7, 11) is 0. The topological polar surface area (TPSA) is 41.1 Å². The minimum Gasteiger partial charge on any atom is -0.338 e. The van der Waals surface area contributed by atoms with Crippen LogP contribution in [0.4, 0.5) is 10.5 Å². The molecule has 0 saturated carbocycles. The Morgan fingerprint density at radius 2 is 1.88 bits per heavy atom. The quantitative estimate of drug-likeness (QED) is 0.792. The molecule has 0 bridgehead atoms. The highest BCUT2D eigenvalue weighted by Gasteiger charge is 2.03. The summed E-state index contributed by atoms with van der Waals surface area (Å²) in [5.41, 5.74) is 0.837. The van der Waals surface area contributed by atoms with Crippen LogP contribution in [0.3, 0.4) is 0 Å². The van der Waals surface area contributed by atoms with Crippen molar-refractivity contribution in [3.05, 3.63) is 42.5 Å². The molecule has 0 radical (unpaired) electrons. The Bertz CT molecular complexity index is 503. The standard InChI is InChI=1S/C13H14N2O/c1-2-14-13(16)15-12-9-5-7-10-6-3-4-8-11(10)12/h3-9H,2H2,1H3,(H2,14,15,16). The molecule has 82 valence electrons. The predicted octanol–water partition coefficient (Wildman–Crippen LogP) is 2.98. The van der Waals surface area contributed by atoms with Crippen LogP contribution in [-0.4, -0.2) is 12.6 Å². The number of urea groups is 1. The van der Waals surface area contributed by atoms with Gasteiger partial charge < -0.3 is 10.6 Å². The first kappa shape index (κ1) is 10.5. The van der Waals surface area contributed by atoms with Gasteiger partial charge >= 0.3 is 6.03 Å². The lowest BCUT2D eigenvalue weighted by Crippen LogP contribution is -2.28. The molecule has 0 aliphatic heterocycles. The summed E-state index contributed by atoms with van der Waals surface area (Å²) in [6, 6.07) is 13.7. The van der Waals surface area contributed by atoms with E-state index in [1.165, 1.54) is 0 Å². The highest BCUT2D eigenvalue weighted by molar-refractivity contribution is 6.01. The number of nitrogens with one attached hydrogen (secondary N) is 2. The van der Waals surface area contributed by atoms with E-state index in [1.54, 1.807) is 0 Å². The van der Waals surface area contributed by atoms with Crippen LogP contribution in [0, 0.1) is 0 Å². The molecule has 2 aromatic carbocycles. The second-order valence-electron chi connectivity index (χ2n) is 3.51. The van der Waals surface area contributed by atoms with Crippen molar-refractivity contribution < 1.29 is 4.79 Å². The van der Waals surface area contributed by atoms with Crippen LogP contribution in [-0.2, 0) is 0 Å². The van der Waals surface area contributed by atoms with Crippen molar-refractivity contribution in [2.24, 2.45) is 0 Å². The third kappa shape index (κ3) is 2.14. The molecule has 0 unspecified atom stereocenters. The lowest BCUT2D eigenvalue weighted by Gasteiger charge is -2.08. The van der Waals surface area contributed by atoms with Gasteiger partial charge in [-0.1, -0.05) is 36.4 Å². The SMILES string of the molecule is CCNC(=O)Nc1cccc2ccccc12. The van der Waals surface area contributed by atoms with E-state index >= 15 is 0 Å². The molecule has 2 aromatic rings. The molecule has 2 amide bonds. The molecule has 0 aliphatic carbocycles. The number of rotatable bonds is 2. The number of anilines is 1. The monoisotopic (exact) mass is 214 g/mol. The smallest absolute Gasteiger partial charge is 0.319 e. The van der Waals surface area contributed by atoms with Gasteiger partial charge in [0.05, 0.1) is 5.69 Å². The summed E-state index contributed by atoms with van der Waals surface area (Å²) in [4.78, 5) is 11.4. The minimum atomic E-state index is -0.168. The van der Waals surface area contributed by atoms with E-state index in [9.17, 15) is 4.79 Å². The van der Waals surface area contributed by atoms with Crippen molar-refractivity contribution in [3.8, 4) is 0 Å². The number of amides is 2. The first-order valence-corrected chi connectivity index (χ1v) is 5.34. The second-order valence-corrected chi connectivity index (χ2v) is 3.51. The van der Waals surface area contributed by atoms with Crippen molar-refractivity contribution in [2.75, 3.05) is 11.9 Å². The largest absolute Gasteiger partial charge is 0.338 e. The van der Waals surface area contributed by atoms with Gasteiger partial charge in [0.25, 0.3) is 0 Å². The molecule has 2 rings (SSSR count). The molecule has 2 N–H and O–H groups in total. The maximum Gasteiger partial charge on any atom is 0.319 e. The van der Waals surface area contributed by atoms with E-state index in [0.29, 0.717) is 6.54 Å². The normalized spacial score (nSPS) is 10.1. The second kappa shape index (κ2) is 4.66. The van der Waals surface area contributed by atoms with E-state index in [0.717, 1.165) is 16.5 Å². The van der Waals surface area contributed by atoms with E-state index in [1.807, 2.05) is 49.4 Å². The zero-order chi connectivity index (χ0) is 11.4. The lowest BCUT2D eigenvalue weighted by atomic mass is 10.1. The molecule has 3 nitrogen and oxygen atoms in total. The van der Waals surface area contributed by atoms with Gasteiger partial charge in [0.15, 0.2) is 0 Å². The van der Waals surface area contributed by atoms with Crippen molar-refractivity contribution in [3.63, 3.8) is 0 Å². The molecule has 0 fully saturated rings. The van der Waals surface area contributed by atoms with Crippen LogP contribution in [0.25, 0.3) is 10.8 Å². The minimum absolute atomic E-state index is 0.168. The van der Waals surface area contributed by atoms with Gasteiger partial charge in [-0.05, 0) is 18.4 Å². The average molecular weight is 214 g/mol. The number of hydrogen-bond donors (Lipinski definition) is 2. The summed E-state index contributed by atoms with van der Waals surface area (Å²) in [5.74, 6) is 0. The molecule has 0 heterocycles. The number of carbonyl (C=O) groups is 1. The average Bonchev–Trinajstić information content (AvgIpc) is 2.30. The Balaban J connectivity index is 2.33. The van der Waals surface area contributed by atoms with E-state index in [2.05, 4.69) is 10.6 Å². The summed E-state index contributed by atoms with van der Waals surface area (Å²) in [5, 5.41) is 7.72. The molecular weight excluding hydrogens is 200 g/mol. The first-order valence-electron chi connectivity index (χ1n) is 5.34. The molecule has 16 heavy (non-hydrogen) atoms. The van der Waals surface area contributed by atoms with Crippen molar-refractivity contribution in [1.82, 2.24) is 5.32 Å². The third-order valence-corrected chi connectivity index (χ3v) is 2.38.